The number of fused-ring (bicyclic) bond motifs is 5. The first kappa shape index (κ1) is 24.4. The summed E-state index contributed by atoms with van der Waals surface area (Å²) in [7, 11) is 0. The molecule has 1 saturated heterocycles. The molecule has 2 N–H and O–H groups in total. The standard InChI is InChI=1S/C24H29N7O2.HI/c1-3-25-24(29-14-16-4-7-19(28-13-16)30-10-8-26-15(30)2)27-9-11-31-22(32)20-17-5-6-18(12-17)21(20)23(31)33;/h4-8,10,13,17-18,20-21H,3,9,11-12,14H2,1-2H3,(H2,25,27,29);1H. The molecule has 2 fully saturated rings. The fourth-order valence-electron chi connectivity index (χ4n) is 5.26. The average Bonchev–Trinajstić information content (AvgIpc) is 3.59. The fourth-order valence-corrected chi connectivity index (χ4v) is 5.26. The van der Waals surface area contributed by atoms with Crippen LogP contribution in [0.4, 0.5) is 0 Å². The number of pyridine rings is 1. The number of likely N-dealkylation sites (tertiary alicyclic amines) is 1. The Morgan fingerprint density at radius 2 is 1.85 bits per heavy atom. The number of aryl methyl sites for hydroxylation is 1. The summed E-state index contributed by atoms with van der Waals surface area (Å²) in [6.07, 6.45) is 10.6. The van der Waals surface area contributed by atoms with Gasteiger partial charge in [-0.2, -0.15) is 0 Å². The molecule has 3 heterocycles. The molecule has 3 aliphatic rings. The summed E-state index contributed by atoms with van der Waals surface area (Å²) in [5.41, 5.74) is 0.981. The summed E-state index contributed by atoms with van der Waals surface area (Å²) >= 11 is 0. The third kappa shape index (κ3) is 4.47. The van der Waals surface area contributed by atoms with E-state index in [1.165, 1.54) is 4.90 Å². The highest BCUT2D eigenvalue weighted by Crippen LogP contribution is 2.52. The van der Waals surface area contributed by atoms with Gasteiger partial charge in [-0.3, -0.25) is 19.1 Å². The second-order valence-electron chi connectivity index (χ2n) is 8.82. The Morgan fingerprint density at radius 3 is 2.44 bits per heavy atom. The van der Waals surface area contributed by atoms with Crippen LogP contribution < -0.4 is 10.6 Å². The second kappa shape index (κ2) is 10.2. The molecule has 10 heteroatoms. The van der Waals surface area contributed by atoms with E-state index in [0.29, 0.717) is 32.1 Å². The molecule has 0 spiro atoms. The monoisotopic (exact) mass is 575 g/mol. The number of imidazole rings is 1. The zero-order valence-corrected chi connectivity index (χ0v) is 21.7. The summed E-state index contributed by atoms with van der Waals surface area (Å²) in [6, 6.07) is 3.95. The molecule has 180 valence electrons. The number of hydrogen-bond donors (Lipinski definition) is 2. The maximum Gasteiger partial charge on any atom is 0.233 e. The number of carbonyl (C=O) groups is 2. The topological polar surface area (TPSA) is 105 Å². The van der Waals surface area contributed by atoms with Crippen molar-refractivity contribution in [1.82, 2.24) is 30.1 Å². The number of aromatic nitrogens is 3. The van der Waals surface area contributed by atoms with Gasteiger partial charge in [-0.1, -0.05) is 18.2 Å². The number of hydrogen-bond acceptors (Lipinski definition) is 5. The number of rotatable bonds is 7. The van der Waals surface area contributed by atoms with Gasteiger partial charge >= 0.3 is 0 Å². The van der Waals surface area contributed by atoms with Crippen molar-refractivity contribution in [1.29, 1.82) is 0 Å². The Kier molecular flexibility index (Phi) is 7.34. The molecule has 0 aromatic carbocycles. The van der Waals surface area contributed by atoms with Crippen LogP contribution in [0.25, 0.3) is 5.82 Å². The molecule has 1 aliphatic heterocycles. The number of aliphatic imine (C=N–C) groups is 1. The number of nitrogens with one attached hydrogen (secondary N) is 2. The van der Waals surface area contributed by atoms with Gasteiger partial charge in [0.15, 0.2) is 5.96 Å². The smallest absolute Gasteiger partial charge is 0.233 e. The van der Waals surface area contributed by atoms with Crippen LogP contribution >= 0.6 is 24.0 Å². The molecule has 0 radical (unpaired) electrons. The zero-order valence-electron chi connectivity index (χ0n) is 19.3. The number of allylic oxidation sites excluding steroid dienone is 2. The fraction of sp³-hybridized carbons (Fsp3) is 0.458. The number of carbonyl (C=O) groups excluding carboxylic acids is 2. The van der Waals surface area contributed by atoms with Gasteiger partial charge in [-0.25, -0.2) is 15.0 Å². The number of imide groups is 1. The zero-order chi connectivity index (χ0) is 22.9. The van der Waals surface area contributed by atoms with Crippen LogP contribution in [0.5, 0.6) is 0 Å². The Bertz CT molecular complexity index is 1080. The van der Waals surface area contributed by atoms with Crippen molar-refractivity contribution < 1.29 is 9.59 Å². The average molecular weight is 575 g/mol. The van der Waals surface area contributed by atoms with E-state index in [2.05, 4.69) is 37.7 Å². The van der Waals surface area contributed by atoms with E-state index in [0.717, 1.165) is 23.6 Å². The number of nitrogens with zero attached hydrogens (tertiary/aromatic N) is 5. The molecule has 2 bridgehead atoms. The minimum absolute atomic E-state index is 0. The lowest BCUT2D eigenvalue weighted by molar-refractivity contribution is -0.140. The molecule has 4 atom stereocenters. The first-order valence-corrected chi connectivity index (χ1v) is 11.6. The summed E-state index contributed by atoms with van der Waals surface area (Å²) in [4.78, 5) is 40.4. The van der Waals surface area contributed by atoms with Crippen LogP contribution in [0, 0.1) is 30.6 Å². The van der Waals surface area contributed by atoms with Crippen LogP contribution in [-0.2, 0) is 16.1 Å². The molecular formula is C24H30IN7O2. The van der Waals surface area contributed by atoms with Crippen LogP contribution in [-0.4, -0.2) is 56.8 Å². The summed E-state index contributed by atoms with van der Waals surface area (Å²) in [6.45, 7) is 5.93. The molecule has 2 aromatic heterocycles. The van der Waals surface area contributed by atoms with E-state index >= 15 is 0 Å². The molecule has 2 aliphatic carbocycles. The minimum atomic E-state index is -0.143. The molecular weight excluding hydrogens is 545 g/mol. The van der Waals surface area contributed by atoms with Gasteiger partial charge in [0.25, 0.3) is 0 Å². The lowest BCUT2D eigenvalue weighted by Gasteiger charge is -2.18. The van der Waals surface area contributed by atoms with Crippen molar-refractivity contribution in [3.63, 3.8) is 0 Å². The molecule has 2 aromatic rings. The van der Waals surface area contributed by atoms with Gasteiger partial charge in [0.1, 0.15) is 11.6 Å². The van der Waals surface area contributed by atoms with E-state index in [1.807, 2.05) is 42.9 Å². The summed E-state index contributed by atoms with van der Waals surface area (Å²) < 4.78 is 1.93. The first-order chi connectivity index (χ1) is 16.1. The molecule has 4 unspecified atom stereocenters. The molecule has 5 rings (SSSR count). The third-order valence-electron chi connectivity index (χ3n) is 6.84. The number of guanidine groups is 1. The van der Waals surface area contributed by atoms with E-state index in [9.17, 15) is 9.59 Å². The van der Waals surface area contributed by atoms with Crippen LogP contribution in [0.15, 0.2) is 47.9 Å². The Hall–Kier alpha value is -2.76. The van der Waals surface area contributed by atoms with Crippen molar-refractivity contribution in [2.24, 2.45) is 28.7 Å². The van der Waals surface area contributed by atoms with Crippen molar-refractivity contribution >= 4 is 41.8 Å². The Balaban J connectivity index is 0.00000274. The maximum absolute atomic E-state index is 12.8. The minimum Gasteiger partial charge on any atom is -0.357 e. The maximum atomic E-state index is 12.8. The third-order valence-corrected chi connectivity index (χ3v) is 6.84. The first-order valence-electron chi connectivity index (χ1n) is 11.6. The van der Waals surface area contributed by atoms with Crippen molar-refractivity contribution in [3.05, 3.63) is 54.3 Å². The highest BCUT2D eigenvalue weighted by Gasteiger charge is 2.58. The number of halogens is 1. The largest absolute Gasteiger partial charge is 0.357 e. The van der Waals surface area contributed by atoms with Crippen LogP contribution in [0.3, 0.4) is 0 Å². The lowest BCUT2D eigenvalue weighted by atomic mass is 9.85. The summed E-state index contributed by atoms with van der Waals surface area (Å²) in [5.74, 6) is 2.53. The summed E-state index contributed by atoms with van der Waals surface area (Å²) in [5, 5.41) is 6.46. The SMILES string of the molecule is CCNC(=NCc1ccc(-n2ccnc2C)nc1)NCCN1C(=O)C2C3C=CC(C3)C2C1=O.I. The highest BCUT2D eigenvalue weighted by molar-refractivity contribution is 14.0. The van der Waals surface area contributed by atoms with E-state index in [4.69, 9.17) is 0 Å². The van der Waals surface area contributed by atoms with Gasteiger partial charge in [0.2, 0.25) is 11.8 Å². The molecule has 2 amide bonds. The normalized spacial score (nSPS) is 25.0. The van der Waals surface area contributed by atoms with Gasteiger partial charge < -0.3 is 10.6 Å². The van der Waals surface area contributed by atoms with Crippen molar-refractivity contribution in [3.8, 4) is 5.82 Å². The van der Waals surface area contributed by atoms with Crippen molar-refractivity contribution in [2.75, 3.05) is 19.6 Å². The van der Waals surface area contributed by atoms with Gasteiger partial charge in [-0.05, 0) is 43.7 Å². The van der Waals surface area contributed by atoms with E-state index < -0.39 is 0 Å². The van der Waals surface area contributed by atoms with Gasteiger partial charge in [-0.15, -0.1) is 24.0 Å². The molecule has 34 heavy (non-hydrogen) atoms. The van der Waals surface area contributed by atoms with Gasteiger partial charge in [0.05, 0.1) is 18.4 Å². The molecule has 1 saturated carbocycles. The highest BCUT2D eigenvalue weighted by atomic mass is 127. The van der Waals surface area contributed by atoms with Crippen molar-refractivity contribution in [2.45, 2.75) is 26.8 Å². The quantitative estimate of drug-likeness (QED) is 0.172. The lowest BCUT2D eigenvalue weighted by Crippen LogP contribution is -2.43. The van der Waals surface area contributed by atoms with Gasteiger partial charge in [0, 0.05) is 38.2 Å². The molecule has 9 nitrogen and oxygen atoms in total. The predicted octanol–water partition coefficient (Wildman–Crippen LogP) is 2.06. The van der Waals surface area contributed by atoms with Crippen LogP contribution in [0.2, 0.25) is 0 Å². The number of amides is 2. The predicted molar refractivity (Wildman–Crippen MR) is 139 cm³/mol. The van der Waals surface area contributed by atoms with E-state index in [1.54, 1.807) is 6.20 Å². The Labute approximate surface area is 216 Å². The van der Waals surface area contributed by atoms with Crippen LogP contribution in [0.1, 0.15) is 24.7 Å². The Morgan fingerprint density at radius 1 is 1.12 bits per heavy atom. The second-order valence-corrected chi connectivity index (χ2v) is 8.82. The van der Waals surface area contributed by atoms with E-state index in [-0.39, 0.29) is 59.5 Å².